The molecule has 1 unspecified atom stereocenters. The molecular formula is C13H22N2O. The van der Waals surface area contributed by atoms with Crippen LogP contribution in [0.1, 0.15) is 44.3 Å². The third-order valence-corrected chi connectivity index (χ3v) is 3.77. The molecule has 1 fully saturated rings. The van der Waals surface area contributed by atoms with Crippen LogP contribution < -0.4 is 0 Å². The van der Waals surface area contributed by atoms with Crippen LogP contribution in [0.15, 0.2) is 12.4 Å². The molecule has 1 aliphatic carbocycles. The SMILES string of the molecule is Cn1ccnc1CCCC(O)C1CCCC1. The molecule has 1 aliphatic rings. The molecule has 2 rings (SSSR count). The van der Waals surface area contributed by atoms with Gasteiger partial charge in [-0.25, -0.2) is 4.98 Å². The quantitative estimate of drug-likeness (QED) is 0.830. The predicted molar refractivity (Wildman–Crippen MR) is 64.1 cm³/mol. The minimum absolute atomic E-state index is 0.0808. The smallest absolute Gasteiger partial charge is 0.108 e. The van der Waals surface area contributed by atoms with Crippen LogP contribution in [0.5, 0.6) is 0 Å². The van der Waals surface area contributed by atoms with Gasteiger partial charge in [-0.05, 0) is 31.6 Å². The van der Waals surface area contributed by atoms with Gasteiger partial charge >= 0.3 is 0 Å². The summed E-state index contributed by atoms with van der Waals surface area (Å²) in [5.41, 5.74) is 0. The minimum atomic E-state index is -0.0808. The van der Waals surface area contributed by atoms with E-state index in [2.05, 4.69) is 9.55 Å². The molecule has 0 aliphatic heterocycles. The third kappa shape index (κ3) is 2.85. The van der Waals surface area contributed by atoms with E-state index >= 15 is 0 Å². The maximum Gasteiger partial charge on any atom is 0.108 e. The molecule has 1 N–H and O–H groups in total. The van der Waals surface area contributed by atoms with Crippen molar-refractivity contribution in [3.05, 3.63) is 18.2 Å². The second-order valence-electron chi connectivity index (χ2n) is 4.96. The van der Waals surface area contributed by atoms with Gasteiger partial charge in [0.15, 0.2) is 0 Å². The fraction of sp³-hybridized carbons (Fsp3) is 0.769. The van der Waals surface area contributed by atoms with Crippen molar-refractivity contribution in [2.75, 3.05) is 0 Å². The highest BCUT2D eigenvalue weighted by Gasteiger charge is 2.22. The Morgan fingerprint density at radius 2 is 2.25 bits per heavy atom. The van der Waals surface area contributed by atoms with Crippen LogP contribution in [-0.2, 0) is 13.5 Å². The van der Waals surface area contributed by atoms with Crippen LogP contribution >= 0.6 is 0 Å². The van der Waals surface area contributed by atoms with Gasteiger partial charge in [0.1, 0.15) is 5.82 Å². The number of hydrogen-bond donors (Lipinski definition) is 1. The van der Waals surface area contributed by atoms with Gasteiger partial charge in [0.2, 0.25) is 0 Å². The third-order valence-electron chi connectivity index (χ3n) is 3.77. The number of rotatable bonds is 5. The highest BCUT2D eigenvalue weighted by molar-refractivity contribution is 4.91. The lowest BCUT2D eigenvalue weighted by molar-refractivity contribution is 0.0996. The molecule has 1 atom stereocenters. The number of aromatic nitrogens is 2. The van der Waals surface area contributed by atoms with Crippen molar-refractivity contribution in [3.63, 3.8) is 0 Å². The van der Waals surface area contributed by atoms with Crippen molar-refractivity contribution in [2.24, 2.45) is 13.0 Å². The fourth-order valence-electron chi connectivity index (χ4n) is 2.68. The molecule has 90 valence electrons. The summed E-state index contributed by atoms with van der Waals surface area (Å²) in [7, 11) is 2.02. The lowest BCUT2D eigenvalue weighted by Gasteiger charge is -2.17. The van der Waals surface area contributed by atoms with E-state index in [1.165, 1.54) is 25.7 Å². The Bertz CT molecular complexity index is 315. The van der Waals surface area contributed by atoms with Gasteiger partial charge in [-0.2, -0.15) is 0 Å². The zero-order valence-electron chi connectivity index (χ0n) is 10.1. The molecule has 3 heteroatoms. The standard InChI is InChI=1S/C13H22N2O/c1-15-10-9-14-13(15)8-4-7-12(16)11-5-2-3-6-11/h9-12,16H,2-8H2,1H3. The normalized spacial score (nSPS) is 19.1. The van der Waals surface area contributed by atoms with Crippen LogP contribution in [0, 0.1) is 5.92 Å². The number of hydrogen-bond acceptors (Lipinski definition) is 2. The van der Waals surface area contributed by atoms with E-state index in [9.17, 15) is 5.11 Å². The van der Waals surface area contributed by atoms with Crippen molar-refractivity contribution in [3.8, 4) is 0 Å². The summed E-state index contributed by atoms with van der Waals surface area (Å²) in [6.07, 6.45) is 11.7. The highest BCUT2D eigenvalue weighted by Crippen LogP contribution is 2.29. The molecule has 3 nitrogen and oxygen atoms in total. The van der Waals surface area contributed by atoms with Crippen molar-refractivity contribution in [2.45, 2.75) is 51.0 Å². The molecule has 0 saturated heterocycles. The van der Waals surface area contributed by atoms with Crippen molar-refractivity contribution in [1.29, 1.82) is 0 Å². The van der Waals surface area contributed by atoms with Crippen LogP contribution in [0.2, 0.25) is 0 Å². The minimum Gasteiger partial charge on any atom is -0.393 e. The van der Waals surface area contributed by atoms with Gasteiger partial charge in [0.05, 0.1) is 6.10 Å². The van der Waals surface area contributed by atoms with E-state index in [1.807, 2.05) is 19.4 Å². The fourth-order valence-corrected chi connectivity index (χ4v) is 2.68. The van der Waals surface area contributed by atoms with Crippen LogP contribution in [0.25, 0.3) is 0 Å². The first-order valence-electron chi connectivity index (χ1n) is 6.41. The van der Waals surface area contributed by atoms with Gasteiger partial charge in [0, 0.05) is 25.9 Å². The second-order valence-corrected chi connectivity index (χ2v) is 4.96. The summed E-state index contributed by atoms with van der Waals surface area (Å²) in [6, 6.07) is 0. The molecule has 1 aromatic heterocycles. The van der Waals surface area contributed by atoms with Crippen LogP contribution in [0.4, 0.5) is 0 Å². The summed E-state index contributed by atoms with van der Waals surface area (Å²) in [4.78, 5) is 4.29. The van der Waals surface area contributed by atoms with Gasteiger partial charge in [-0.3, -0.25) is 0 Å². The Hall–Kier alpha value is -0.830. The lowest BCUT2D eigenvalue weighted by atomic mass is 9.96. The number of aliphatic hydroxyl groups is 1. The number of aryl methyl sites for hydroxylation is 2. The molecule has 0 amide bonds. The van der Waals surface area contributed by atoms with Crippen LogP contribution in [0.3, 0.4) is 0 Å². The summed E-state index contributed by atoms with van der Waals surface area (Å²) in [6.45, 7) is 0. The molecule has 16 heavy (non-hydrogen) atoms. The second kappa shape index (κ2) is 5.48. The maximum absolute atomic E-state index is 10.0. The van der Waals surface area contributed by atoms with E-state index in [0.717, 1.165) is 25.1 Å². The average Bonchev–Trinajstić information content (AvgIpc) is 2.90. The summed E-state index contributed by atoms with van der Waals surface area (Å²) < 4.78 is 2.06. The van der Waals surface area contributed by atoms with E-state index in [0.29, 0.717) is 5.92 Å². The lowest BCUT2D eigenvalue weighted by Crippen LogP contribution is -2.17. The highest BCUT2D eigenvalue weighted by atomic mass is 16.3. The van der Waals surface area contributed by atoms with E-state index in [-0.39, 0.29) is 6.10 Å². The van der Waals surface area contributed by atoms with Gasteiger partial charge < -0.3 is 9.67 Å². The molecule has 1 heterocycles. The Balaban J connectivity index is 1.69. The maximum atomic E-state index is 10.0. The predicted octanol–water partition coefficient (Wildman–Crippen LogP) is 2.29. The zero-order chi connectivity index (χ0) is 11.4. The van der Waals surface area contributed by atoms with Crippen molar-refractivity contribution in [1.82, 2.24) is 9.55 Å². The number of nitrogens with zero attached hydrogens (tertiary/aromatic N) is 2. The number of imidazole rings is 1. The molecule has 1 saturated carbocycles. The van der Waals surface area contributed by atoms with E-state index < -0.39 is 0 Å². The first kappa shape index (κ1) is 11.6. The van der Waals surface area contributed by atoms with Crippen LogP contribution in [-0.4, -0.2) is 20.8 Å². The Labute approximate surface area is 97.5 Å². The van der Waals surface area contributed by atoms with Crippen molar-refractivity contribution >= 4 is 0 Å². The summed E-state index contributed by atoms with van der Waals surface area (Å²) in [5, 5.41) is 10.0. The van der Waals surface area contributed by atoms with Crippen molar-refractivity contribution < 1.29 is 5.11 Å². The molecule has 0 bridgehead atoms. The van der Waals surface area contributed by atoms with E-state index in [1.54, 1.807) is 0 Å². The largest absolute Gasteiger partial charge is 0.393 e. The molecular weight excluding hydrogens is 200 g/mol. The van der Waals surface area contributed by atoms with E-state index in [4.69, 9.17) is 0 Å². The monoisotopic (exact) mass is 222 g/mol. The zero-order valence-corrected chi connectivity index (χ0v) is 10.1. The Morgan fingerprint density at radius 1 is 1.50 bits per heavy atom. The summed E-state index contributed by atoms with van der Waals surface area (Å²) in [5.74, 6) is 1.69. The number of aliphatic hydroxyl groups excluding tert-OH is 1. The first-order chi connectivity index (χ1) is 7.77. The summed E-state index contributed by atoms with van der Waals surface area (Å²) >= 11 is 0. The molecule has 0 spiro atoms. The average molecular weight is 222 g/mol. The molecule has 0 aromatic carbocycles. The molecule has 0 radical (unpaired) electrons. The van der Waals surface area contributed by atoms with Gasteiger partial charge in [0.25, 0.3) is 0 Å². The van der Waals surface area contributed by atoms with Gasteiger partial charge in [-0.1, -0.05) is 12.8 Å². The molecule has 1 aromatic rings. The Kier molecular flexibility index (Phi) is 3.99. The topological polar surface area (TPSA) is 38.0 Å². The first-order valence-corrected chi connectivity index (χ1v) is 6.41. The Morgan fingerprint density at radius 3 is 2.88 bits per heavy atom. The van der Waals surface area contributed by atoms with Gasteiger partial charge in [-0.15, -0.1) is 0 Å².